The monoisotopic (exact) mass is 218 g/mol. The Hall–Kier alpha value is -1.88. The summed E-state index contributed by atoms with van der Waals surface area (Å²) in [7, 11) is 1.80. The maximum Gasteiger partial charge on any atom is 0.138 e. The van der Waals surface area contributed by atoms with Crippen LogP contribution in [-0.2, 0) is 13.5 Å². The van der Waals surface area contributed by atoms with Gasteiger partial charge in [0.1, 0.15) is 12.2 Å². The summed E-state index contributed by atoms with van der Waals surface area (Å²) < 4.78 is 1.65. The fraction of sp³-hybridized carbons (Fsp3) is 0.273. The number of anilines is 1. The van der Waals surface area contributed by atoms with Gasteiger partial charge in [-0.2, -0.15) is 5.10 Å². The minimum Gasteiger partial charge on any atom is -0.399 e. The van der Waals surface area contributed by atoms with Crippen LogP contribution in [0.4, 0.5) is 5.69 Å². The highest BCUT2D eigenvalue weighted by atomic mass is 16.3. The van der Waals surface area contributed by atoms with Gasteiger partial charge in [0.25, 0.3) is 0 Å². The molecule has 1 aromatic carbocycles. The summed E-state index contributed by atoms with van der Waals surface area (Å²) >= 11 is 0. The molecule has 0 aliphatic carbocycles. The first-order chi connectivity index (χ1) is 7.66. The van der Waals surface area contributed by atoms with Gasteiger partial charge in [0.15, 0.2) is 0 Å². The Kier molecular flexibility index (Phi) is 2.87. The van der Waals surface area contributed by atoms with E-state index < -0.39 is 6.10 Å². The quantitative estimate of drug-likeness (QED) is 0.742. The lowest BCUT2D eigenvalue weighted by Gasteiger charge is -2.10. The van der Waals surface area contributed by atoms with Crippen LogP contribution in [-0.4, -0.2) is 19.9 Å². The molecule has 0 radical (unpaired) electrons. The fourth-order valence-electron chi connectivity index (χ4n) is 1.56. The van der Waals surface area contributed by atoms with Crippen LogP contribution in [0.25, 0.3) is 0 Å². The van der Waals surface area contributed by atoms with Crippen LogP contribution in [0.15, 0.2) is 30.6 Å². The Balaban J connectivity index is 2.14. The van der Waals surface area contributed by atoms with E-state index in [4.69, 9.17) is 5.73 Å². The van der Waals surface area contributed by atoms with E-state index in [1.807, 2.05) is 12.1 Å². The Morgan fingerprint density at radius 3 is 2.94 bits per heavy atom. The molecule has 1 heterocycles. The predicted octanol–water partition coefficient (Wildman–Crippen LogP) is 0.673. The molecule has 5 heteroatoms. The summed E-state index contributed by atoms with van der Waals surface area (Å²) in [4.78, 5) is 4.06. The van der Waals surface area contributed by atoms with E-state index in [0.717, 1.165) is 11.4 Å². The lowest BCUT2D eigenvalue weighted by Crippen LogP contribution is -2.07. The highest BCUT2D eigenvalue weighted by molar-refractivity contribution is 5.41. The molecule has 0 saturated carbocycles. The van der Waals surface area contributed by atoms with Gasteiger partial charge in [0, 0.05) is 19.2 Å². The van der Waals surface area contributed by atoms with Crippen molar-refractivity contribution < 1.29 is 5.11 Å². The molecular weight excluding hydrogens is 204 g/mol. The van der Waals surface area contributed by atoms with Crippen LogP contribution in [0.3, 0.4) is 0 Å². The molecule has 1 aromatic heterocycles. The van der Waals surface area contributed by atoms with Gasteiger partial charge in [-0.15, -0.1) is 0 Å². The number of benzene rings is 1. The van der Waals surface area contributed by atoms with Crippen LogP contribution >= 0.6 is 0 Å². The lowest BCUT2D eigenvalue weighted by molar-refractivity contribution is 0.174. The summed E-state index contributed by atoms with van der Waals surface area (Å²) in [5.74, 6) is 0.745. The van der Waals surface area contributed by atoms with Crippen LogP contribution in [0.1, 0.15) is 17.5 Å². The SMILES string of the molecule is Cn1ncnc1CC(O)c1cccc(N)c1. The van der Waals surface area contributed by atoms with Crippen molar-refractivity contribution >= 4 is 5.69 Å². The van der Waals surface area contributed by atoms with Crippen LogP contribution in [0.2, 0.25) is 0 Å². The number of nitrogen functional groups attached to an aromatic ring is 1. The van der Waals surface area contributed by atoms with Crippen molar-refractivity contribution in [2.24, 2.45) is 7.05 Å². The van der Waals surface area contributed by atoms with Gasteiger partial charge >= 0.3 is 0 Å². The smallest absolute Gasteiger partial charge is 0.138 e. The number of hydrogen-bond donors (Lipinski definition) is 2. The first-order valence-electron chi connectivity index (χ1n) is 5.03. The van der Waals surface area contributed by atoms with Crippen molar-refractivity contribution in [2.45, 2.75) is 12.5 Å². The number of hydrogen-bond acceptors (Lipinski definition) is 4. The van der Waals surface area contributed by atoms with Crippen LogP contribution < -0.4 is 5.73 Å². The molecular formula is C11H14N4O. The average Bonchev–Trinajstić information content (AvgIpc) is 2.64. The minimum absolute atomic E-state index is 0.431. The fourth-order valence-corrected chi connectivity index (χ4v) is 1.56. The van der Waals surface area contributed by atoms with Crippen molar-refractivity contribution in [3.63, 3.8) is 0 Å². The molecule has 0 fully saturated rings. The number of nitrogens with two attached hydrogens (primary N) is 1. The van der Waals surface area contributed by atoms with E-state index in [1.54, 1.807) is 23.9 Å². The molecule has 0 saturated heterocycles. The van der Waals surface area contributed by atoms with Crippen molar-refractivity contribution in [2.75, 3.05) is 5.73 Å². The molecule has 3 N–H and O–H groups in total. The molecule has 2 aromatic rings. The van der Waals surface area contributed by atoms with Gasteiger partial charge in [-0.3, -0.25) is 4.68 Å². The van der Waals surface area contributed by atoms with E-state index in [0.29, 0.717) is 12.1 Å². The van der Waals surface area contributed by atoms with E-state index in [-0.39, 0.29) is 0 Å². The number of aryl methyl sites for hydroxylation is 1. The number of aliphatic hydroxyl groups is 1. The van der Waals surface area contributed by atoms with Crippen molar-refractivity contribution in [3.05, 3.63) is 42.0 Å². The minimum atomic E-state index is -0.605. The Bertz CT molecular complexity index is 480. The van der Waals surface area contributed by atoms with Gasteiger partial charge in [0.2, 0.25) is 0 Å². The maximum atomic E-state index is 10.0. The molecule has 84 valence electrons. The normalized spacial score (nSPS) is 12.6. The second kappa shape index (κ2) is 4.32. The third kappa shape index (κ3) is 2.20. The Morgan fingerprint density at radius 1 is 1.50 bits per heavy atom. The summed E-state index contributed by atoms with van der Waals surface area (Å²) in [5, 5.41) is 14.0. The molecule has 2 rings (SSSR count). The summed E-state index contributed by atoms with van der Waals surface area (Å²) in [6.07, 6.45) is 1.30. The molecule has 0 bridgehead atoms. The van der Waals surface area contributed by atoms with Crippen LogP contribution in [0, 0.1) is 0 Å². The standard InChI is InChI=1S/C11H14N4O/c1-15-11(13-7-14-15)6-10(16)8-3-2-4-9(12)5-8/h2-5,7,10,16H,6,12H2,1H3. The summed E-state index contributed by atoms with van der Waals surface area (Å²) in [6.45, 7) is 0. The van der Waals surface area contributed by atoms with E-state index in [2.05, 4.69) is 10.1 Å². The molecule has 0 amide bonds. The van der Waals surface area contributed by atoms with Gasteiger partial charge in [-0.05, 0) is 17.7 Å². The number of nitrogens with zero attached hydrogens (tertiary/aromatic N) is 3. The zero-order valence-electron chi connectivity index (χ0n) is 9.04. The predicted molar refractivity (Wildman–Crippen MR) is 60.5 cm³/mol. The molecule has 1 atom stereocenters. The molecule has 0 aliphatic rings. The average molecular weight is 218 g/mol. The third-order valence-corrected chi connectivity index (χ3v) is 2.48. The van der Waals surface area contributed by atoms with Gasteiger partial charge < -0.3 is 10.8 Å². The zero-order chi connectivity index (χ0) is 11.5. The van der Waals surface area contributed by atoms with Crippen LogP contribution in [0.5, 0.6) is 0 Å². The second-order valence-corrected chi connectivity index (χ2v) is 3.69. The number of aromatic nitrogens is 3. The second-order valence-electron chi connectivity index (χ2n) is 3.69. The Morgan fingerprint density at radius 2 is 2.31 bits per heavy atom. The molecule has 0 aliphatic heterocycles. The van der Waals surface area contributed by atoms with Gasteiger partial charge in [-0.1, -0.05) is 12.1 Å². The zero-order valence-corrected chi connectivity index (χ0v) is 9.04. The van der Waals surface area contributed by atoms with Crippen molar-refractivity contribution in [3.8, 4) is 0 Å². The first kappa shape index (κ1) is 10.6. The van der Waals surface area contributed by atoms with Crippen molar-refractivity contribution in [1.82, 2.24) is 14.8 Å². The largest absolute Gasteiger partial charge is 0.399 e. The summed E-state index contributed by atoms with van der Waals surface area (Å²) in [6, 6.07) is 7.22. The van der Waals surface area contributed by atoms with E-state index in [9.17, 15) is 5.11 Å². The third-order valence-electron chi connectivity index (χ3n) is 2.48. The lowest BCUT2D eigenvalue weighted by atomic mass is 10.1. The highest BCUT2D eigenvalue weighted by Gasteiger charge is 2.11. The molecule has 0 spiro atoms. The molecule has 5 nitrogen and oxygen atoms in total. The first-order valence-corrected chi connectivity index (χ1v) is 5.03. The number of rotatable bonds is 3. The Labute approximate surface area is 93.5 Å². The van der Waals surface area contributed by atoms with Gasteiger partial charge in [-0.25, -0.2) is 4.98 Å². The van der Waals surface area contributed by atoms with Crippen molar-refractivity contribution in [1.29, 1.82) is 0 Å². The molecule has 1 unspecified atom stereocenters. The summed E-state index contributed by atoms with van der Waals surface area (Å²) in [5.41, 5.74) is 7.10. The molecule has 16 heavy (non-hydrogen) atoms. The topological polar surface area (TPSA) is 77.0 Å². The van der Waals surface area contributed by atoms with E-state index in [1.165, 1.54) is 6.33 Å². The van der Waals surface area contributed by atoms with E-state index >= 15 is 0 Å². The highest BCUT2D eigenvalue weighted by Crippen LogP contribution is 2.18. The number of aliphatic hydroxyl groups excluding tert-OH is 1. The van der Waals surface area contributed by atoms with Gasteiger partial charge in [0.05, 0.1) is 6.10 Å². The maximum absolute atomic E-state index is 10.0.